The van der Waals surface area contributed by atoms with Gasteiger partial charge in [-0.2, -0.15) is 31.6 Å². The summed E-state index contributed by atoms with van der Waals surface area (Å²) in [5.74, 6) is -1.61. The summed E-state index contributed by atoms with van der Waals surface area (Å²) in [6.07, 6.45) is -7.14. The molecule has 2 aliphatic rings. The van der Waals surface area contributed by atoms with Gasteiger partial charge in [0.2, 0.25) is 5.60 Å². The normalized spacial score (nSPS) is 20.4. The Morgan fingerprint density at radius 2 is 1.76 bits per heavy atom. The molecular formula is C39H42F6N4O5S. The third-order valence-corrected chi connectivity index (χ3v) is 11.4. The van der Waals surface area contributed by atoms with Crippen LogP contribution >= 0.6 is 11.3 Å². The lowest BCUT2D eigenvalue weighted by Gasteiger charge is -2.51. The van der Waals surface area contributed by atoms with Gasteiger partial charge in [-0.1, -0.05) is 38.1 Å². The highest BCUT2D eigenvalue weighted by atomic mass is 32.1. The molecule has 2 saturated heterocycles. The molecule has 0 radical (unpaired) electrons. The Morgan fingerprint density at radius 1 is 1.07 bits per heavy atom. The van der Waals surface area contributed by atoms with E-state index < -0.39 is 62.6 Å². The molecule has 5 rings (SSSR count). The van der Waals surface area contributed by atoms with Crippen LogP contribution in [0.1, 0.15) is 85.7 Å². The monoisotopic (exact) mass is 792 g/mol. The molecule has 0 spiro atoms. The van der Waals surface area contributed by atoms with E-state index in [0.29, 0.717) is 35.1 Å². The number of nitriles is 1. The standard InChI is InChI=1S/C39H42F6N4O5S/c1-5-9-31-37(54-26-20-32(55-22-26)39(43,44)45,13-8-17-49(31)33(51)27-21-47-16-12-28(27)38(40,41)42)34(52)48-18-14-36(23-46,15-19-48)29-10-6-7-11-30(29)53-24-35(3,4)25(2)50/h6-7,10-12,16,20-22,31,50H,2,5,8-9,13-15,17-19,24H2,1,3-4H3/t31-,37+/m1/s1. The number of pyridine rings is 1. The van der Waals surface area contributed by atoms with E-state index in [1.165, 1.54) is 4.90 Å². The smallest absolute Gasteiger partial charge is 0.425 e. The van der Waals surface area contributed by atoms with Crippen molar-refractivity contribution < 1.29 is 50.5 Å². The Morgan fingerprint density at radius 3 is 2.36 bits per heavy atom. The molecule has 55 heavy (non-hydrogen) atoms. The number of piperidine rings is 2. The number of thiophene rings is 1. The molecule has 2 aliphatic heterocycles. The third kappa shape index (κ3) is 8.41. The van der Waals surface area contributed by atoms with Crippen molar-refractivity contribution in [2.24, 2.45) is 5.41 Å². The van der Waals surface area contributed by atoms with E-state index in [9.17, 15) is 46.3 Å². The summed E-state index contributed by atoms with van der Waals surface area (Å²) in [6, 6.07) is 9.65. The number of ether oxygens (including phenoxy) is 2. The van der Waals surface area contributed by atoms with Gasteiger partial charge in [-0.15, -0.1) is 11.3 Å². The fourth-order valence-corrected chi connectivity index (χ4v) is 7.91. The zero-order chi connectivity index (χ0) is 40.4. The summed E-state index contributed by atoms with van der Waals surface area (Å²) < 4.78 is 95.8. The molecule has 2 amide bonds. The van der Waals surface area contributed by atoms with Gasteiger partial charge in [-0.25, -0.2) is 0 Å². The Hall–Kier alpha value is -4.78. The first-order chi connectivity index (χ1) is 25.8. The van der Waals surface area contributed by atoms with Gasteiger partial charge in [0.05, 0.1) is 39.8 Å². The van der Waals surface area contributed by atoms with Crippen molar-refractivity contribution in [1.82, 2.24) is 14.8 Å². The highest BCUT2D eigenvalue weighted by Gasteiger charge is 2.57. The minimum absolute atomic E-state index is 0.00976. The van der Waals surface area contributed by atoms with Crippen LogP contribution in [-0.4, -0.2) is 69.6 Å². The summed E-state index contributed by atoms with van der Waals surface area (Å²) in [5.41, 5.74) is -5.27. The summed E-state index contributed by atoms with van der Waals surface area (Å²) >= 11 is 0.368. The van der Waals surface area contributed by atoms with Crippen LogP contribution in [0, 0.1) is 16.7 Å². The summed E-state index contributed by atoms with van der Waals surface area (Å²) in [6.45, 7) is 8.89. The Labute approximate surface area is 319 Å². The van der Waals surface area contributed by atoms with Crippen molar-refractivity contribution in [2.45, 2.75) is 88.7 Å². The lowest BCUT2D eigenvalue weighted by molar-refractivity contribution is -0.160. The first-order valence-corrected chi connectivity index (χ1v) is 18.7. The molecule has 296 valence electrons. The van der Waals surface area contributed by atoms with Crippen LogP contribution in [0.15, 0.2) is 66.5 Å². The molecule has 1 aromatic carbocycles. The van der Waals surface area contributed by atoms with Crippen LogP contribution in [0.5, 0.6) is 11.5 Å². The van der Waals surface area contributed by atoms with Crippen molar-refractivity contribution in [1.29, 1.82) is 5.26 Å². The van der Waals surface area contributed by atoms with Crippen molar-refractivity contribution in [3.05, 3.63) is 88.1 Å². The molecule has 4 heterocycles. The Bertz CT molecular complexity index is 1930. The van der Waals surface area contributed by atoms with Crippen LogP contribution in [0.4, 0.5) is 26.3 Å². The van der Waals surface area contributed by atoms with Crippen molar-refractivity contribution >= 4 is 23.2 Å². The number of aliphatic hydroxyl groups is 1. The highest BCUT2D eigenvalue weighted by molar-refractivity contribution is 7.10. The average Bonchev–Trinajstić information content (AvgIpc) is 3.63. The summed E-state index contributed by atoms with van der Waals surface area (Å²) in [7, 11) is 0. The number of carbonyl (C=O) groups excluding carboxylic acids is 2. The number of aliphatic hydroxyl groups excluding tert-OH is 1. The first-order valence-electron chi connectivity index (χ1n) is 17.8. The van der Waals surface area contributed by atoms with Gasteiger partial charge in [-0.05, 0) is 51.7 Å². The molecule has 16 heteroatoms. The van der Waals surface area contributed by atoms with Gasteiger partial charge >= 0.3 is 12.4 Å². The number of alkyl halides is 6. The van der Waals surface area contributed by atoms with Crippen LogP contribution < -0.4 is 9.47 Å². The number of benzene rings is 1. The van der Waals surface area contributed by atoms with Gasteiger partial charge in [0, 0.05) is 55.5 Å². The van der Waals surface area contributed by atoms with E-state index in [0.717, 1.165) is 28.7 Å². The van der Waals surface area contributed by atoms with Gasteiger partial charge < -0.3 is 24.4 Å². The van der Waals surface area contributed by atoms with Crippen LogP contribution in [-0.2, 0) is 22.6 Å². The molecule has 0 saturated carbocycles. The quantitative estimate of drug-likeness (QED) is 0.152. The number of amides is 2. The summed E-state index contributed by atoms with van der Waals surface area (Å²) in [4.78, 5) is 34.5. The minimum atomic E-state index is -4.90. The Kier molecular flexibility index (Phi) is 11.9. The van der Waals surface area contributed by atoms with E-state index in [1.807, 2.05) is 0 Å². The molecule has 0 aliphatic carbocycles. The van der Waals surface area contributed by atoms with Crippen molar-refractivity contribution in [2.75, 3.05) is 26.2 Å². The SMILES string of the molecule is C=C(O)C(C)(C)COc1ccccc1C1(C#N)CCN(C(=O)[C@]2(Oc3csc(C(F)(F)F)c3)CCCN(C(=O)c3cnccc3C(F)(F)F)[C@@H]2CCC)CC1. The number of likely N-dealkylation sites (tertiary alicyclic amines) is 2. The second-order valence-electron chi connectivity index (χ2n) is 14.6. The van der Waals surface area contributed by atoms with Gasteiger partial charge in [0.1, 0.15) is 23.0 Å². The molecule has 0 unspecified atom stereocenters. The zero-order valence-corrected chi connectivity index (χ0v) is 31.4. The zero-order valence-electron chi connectivity index (χ0n) is 30.6. The average molecular weight is 793 g/mol. The van der Waals surface area contributed by atoms with E-state index in [2.05, 4.69) is 17.6 Å². The molecule has 2 fully saturated rings. The van der Waals surface area contributed by atoms with Gasteiger partial charge in [-0.3, -0.25) is 14.6 Å². The second-order valence-corrected chi connectivity index (χ2v) is 15.5. The predicted octanol–water partition coefficient (Wildman–Crippen LogP) is 8.96. The van der Waals surface area contributed by atoms with Crippen LogP contribution in [0.3, 0.4) is 0 Å². The number of aromatic nitrogens is 1. The number of carbonyl (C=O) groups is 2. The van der Waals surface area contributed by atoms with Gasteiger partial charge in [0.15, 0.2) is 0 Å². The van der Waals surface area contributed by atoms with Gasteiger partial charge in [0.25, 0.3) is 11.8 Å². The number of rotatable bonds is 11. The third-order valence-electron chi connectivity index (χ3n) is 10.4. The molecule has 1 N–H and O–H groups in total. The number of hydrogen-bond acceptors (Lipinski definition) is 8. The fourth-order valence-electron chi connectivity index (χ4n) is 7.23. The van der Waals surface area contributed by atoms with Crippen LogP contribution in [0.2, 0.25) is 0 Å². The maximum atomic E-state index is 15.0. The predicted molar refractivity (Wildman–Crippen MR) is 191 cm³/mol. The number of hydrogen-bond donors (Lipinski definition) is 1. The second kappa shape index (κ2) is 15.8. The Balaban J connectivity index is 1.52. The topological polar surface area (TPSA) is 116 Å². The highest BCUT2D eigenvalue weighted by Crippen LogP contribution is 2.45. The van der Waals surface area contributed by atoms with E-state index >= 15 is 0 Å². The molecule has 2 atom stereocenters. The van der Waals surface area contributed by atoms with Crippen LogP contribution in [0.25, 0.3) is 0 Å². The largest absolute Gasteiger partial charge is 0.512 e. The molecule has 0 bridgehead atoms. The maximum Gasteiger partial charge on any atom is 0.425 e. The lowest BCUT2D eigenvalue weighted by Crippen LogP contribution is -2.68. The molecule has 3 aromatic rings. The summed E-state index contributed by atoms with van der Waals surface area (Å²) in [5, 5.41) is 21.7. The maximum absolute atomic E-state index is 15.0. The fraction of sp³-hybridized carbons (Fsp3) is 0.487. The minimum Gasteiger partial charge on any atom is -0.512 e. The van der Waals surface area contributed by atoms with E-state index in [1.54, 1.807) is 45.0 Å². The van der Waals surface area contributed by atoms with Crippen molar-refractivity contribution in [3.63, 3.8) is 0 Å². The number of nitrogens with zero attached hydrogens (tertiary/aromatic N) is 4. The number of para-hydroxylation sites is 1. The van der Waals surface area contributed by atoms with E-state index in [4.69, 9.17) is 9.47 Å². The van der Waals surface area contributed by atoms with Crippen molar-refractivity contribution in [3.8, 4) is 17.6 Å². The lowest BCUT2D eigenvalue weighted by atomic mass is 9.72. The van der Waals surface area contributed by atoms with E-state index in [-0.39, 0.29) is 69.9 Å². The number of halogens is 6. The molecule has 9 nitrogen and oxygen atoms in total. The molecular weight excluding hydrogens is 751 g/mol. The first kappa shape index (κ1) is 41.4. The molecule has 2 aromatic heterocycles.